The van der Waals surface area contributed by atoms with E-state index < -0.39 is 0 Å². The molecule has 117 valence electrons. The molecule has 0 aliphatic carbocycles. The summed E-state index contributed by atoms with van der Waals surface area (Å²) in [7, 11) is 0. The average Bonchev–Trinajstić information content (AvgIpc) is 3.27. The quantitative estimate of drug-likeness (QED) is 0.725. The minimum atomic E-state index is -0.237. The van der Waals surface area contributed by atoms with Gasteiger partial charge in [-0.1, -0.05) is 23.4 Å². The van der Waals surface area contributed by atoms with Crippen molar-refractivity contribution < 1.29 is 8.91 Å². The average molecular weight is 328 g/mol. The molecule has 2 atom stereocenters. The Bertz CT molecular complexity index is 770. The predicted octanol–water partition coefficient (Wildman–Crippen LogP) is 4.16. The zero-order chi connectivity index (χ0) is 15.6. The molecule has 2 aromatic heterocycles. The monoisotopic (exact) mass is 328 g/mol. The van der Waals surface area contributed by atoms with Crippen molar-refractivity contribution >= 4 is 11.3 Å². The van der Waals surface area contributed by atoms with Crippen molar-refractivity contribution in [1.29, 1.82) is 0 Å². The van der Waals surface area contributed by atoms with Gasteiger partial charge >= 0.3 is 0 Å². The molecule has 1 aromatic carbocycles. The first-order valence-corrected chi connectivity index (χ1v) is 8.49. The lowest BCUT2D eigenvalue weighted by atomic mass is 9.86. The number of hydrogen-bond donors (Lipinski definition) is 0. The molecule has 0 spiro atoms. The summed E-state index contributed by atoms with van der Waals surface area (Å²) in [6.45, 7) is 0.810. The van der Waals surface area contributed by atoms with E-state index in [9.17, 15) is 4.39 Å². The van der Waals surface area contributed by atoms with Gasteiger partial charge in [-0.15, -0.1) is 11.3 Å². The molecule has 1 fully saturated rings. The van der Waals surface area contributed by atoms with Crippen LogP contribution in [-0.2, 0) is 0 Å². The number of thiophene rings is 1. The second kappa shape index (κ2) is 6.22. The van der Waals surface area contributed by atoms with Crippen LogP contribution in [0.15, 0.2) is 46.3 Å². The topological polar surface area (TPSA) is 53.0 Å². The normalized spacial score (nSPS) is 21.4. The van der Waals surface area contributed by atoms with E-state index in [1.54, 1.807) is 23.5 Å². The lowest BCUT2D eigenvalue weighted by Crippen LogP contribution is -2.28. The number of piperidine rings is 1. The largest absolute Gasteiger partial charge is 0.339 e. The Kier molecular flexibility index (Phi) is 3.93. The van der Waals surface area contributed by atoms with Crippen molar-refractivity contribution in [2.24, 2.45) is 0 Å². The molecule has 1 aliphatic rings. The summed E-state index contributed by atoms with van der Waals surface area (Å²) < 4.78 is 18.7. The van der Waals surface area contributed by atoms with Gasteiger partial charge in [-0.2, -0.15) is 4.98 Å². The van der Waals surface area contributed by atoms with Crippen LogP contribution >= 0.6 is 11.3 Å². The molecule has 1 saturated heterocycles. The molecule has 6 heteroatoms. The van der Waals surface area contributed by atoms with E-state index in [2.05, 4.69) is 10.1 Å². The van der Waals surface area contributed by atoms with E-state index in [0.29, 0.717) is 11.7 Å². The van der Waals surface area contributed by atoms with Crippen LogP contribution in [0.1, 0.15) is 36.3 Å². The Labute approximate surface area is 137 Å². The van der Waals surface area contributed by atoms with Crippen molar-refractivity contribution in [3.05, 3.63) is 59.0 Å². The highest BCUT2D eigenvalue weighted by Crippen LogP contribution is 2.38. The van der Waals surface area contributed by atoms with Crippen LogP contribution < -0.4 is 5.32 Å². The minimum absolute atomic E-state index is 0.0513. The highest BCUT2D eigenvalue weighted by atomic mass is 32.1. The van der Waals surface area contributed by atoms with E-state index in [-0.39, 0.29) is 17.8 Å². The molecule has 0 bridgehead atoms. The van der Waals surface area contributed by atoms with Crippen LogP contribution in [0.5, 0.6) is 0 Å². The standard InChI is InChI=1S/C17H15FN3OS/c18-12-7-5-11(6-8-12)15-13(3-1-9-19-15)17-20-16(21-22-17)14-4-2-10-23-14/h2,4-8,10,13,15H,1,3,9H2/t13-,15?/m0/s1. The van der Waals surface area contributed by atoms with Gasteiger partial charge in [0.2, 0.25) is 11.7 Å². The summed E-state index contributed by atoms with van der Waals surface area (Å²) in [4.78, 5) is 5.56. The molecule has 1 radical (unpaired) electrons. The maximum absolute atomic E-state index is 13.2. The fourth-order valence-corrected chi connectivity index (χ4v) is 3.62. The van der Waals surface area contributed by atoms with Crippen molar-refractivity contribution in [3.8, 4) is 10.7 Å². The first kappa shape index (κ1) is 14.5. The fourth-order valence-electron chi connectivity index (χ4n) is 2.97. The second-order valence-corrected chi connectivity index (χ2v) is 6.53. The third-order valence-electron chi connectivity index (χ3n) is 4.09. The van der Waals surface area contributed by atoms with Crippen LogP contribution in [-0.4, -0.2) is 16.7 Å². The third-order valence-corrected chi connectivity index (χ3v) is 4.96. The van der Waals surface area contributed by atoms with Gasteiger partial charge in [-0.3, -0.25) is 0 Å². The van der Waals surface area contributed by atoms with E-state index in [4.69, 9.17) is 9.84 Å². The Balaban J connectivity index is 1.64. The number of hydrogen-bond acceptors (Lipinski definition) is 4. The number of benzene rings is 1. The van der Waals surface area contributed by atoms with Crippen molar-refractivity contribution in [2.45, 2.75) is 24.8 Å². The molecule has 23 heavy (non-hydrogen) atoms. The van der Waals surface area contributed by atoms with E-state index in [0.717, 1.165) is 29.8 Å². The van der Waals surface area contributed by atoms with Crippen LogP contribution in [0.25, 0.3) is 10.7 Å². The number of nitrogens with zero attached hydrogens (tertiary/aromatic N) is 3. The van der Waals surface area contributed by atoms with Gasteiger partial charge in [0.05, 0.1) is 16.8 Å². The summed E-state index contributed by atoms with van der Waals surface area (Å²) in [5.74, 6) is 1.05. The van der Waals surface area contributed by atoms with Crippen molar-refractivity contribution in [2.75, 3.05) is 6.54 Å². The van der Waals surface area contributed by atoms with Gasteiger partial charge in [0.1, 0.15) is 5.82 Å². The van der Waals surface area contributed by atoms with Crippen LogP contribution in [0, 0.1) is 5.82 Å². The Morgan fingerprint density at radius 1 is 1.17 bits per heavy atom. The van der Waals surface area contributed by atoms with Crippen LogP contribution in [0.2, 0.25) is 0 Å². The molecule has 1 aliphatic heterocycles. The van der Waals surface area contributed by atoms with E-state index in [1.165, 1.54) is 12.1 Å². The number of aromatic nitrogens is 2. The SMILES string of the molecule is Fc1ccc(C2[N]CCC[C@@H]2c2nc(-c3cccs3)no2)cc1. The van der Waals surface area contributed by atoms with Gasteiger partial charge < -0.3 is 4.52 Å². The molecule has 4 nitrogen and oxygen atoms in total. The molecule has 0 N–H and O–H groups in total. The van der Waals surface area contributed by atoms with Crippen LogP contribution in [0.4, 0.5) is 4.39 Å². The predicted molar refractivity (Wildman–Crippen MR) is 85.7 cm³/mol. The van der Waals surface area contributed by atoms with Crippen LogP contribution in [0.3, 0.4) is 0 Å². The molecule has 3 aromatic rings. The molecule has 4 rings (SSSR count). The molecule has 0 amide bonds. The molecular weight excluding hydrogens is 313 g/mol. The molecule has 3 heterocycles. The Hall–Kier alpha value is -2.05. The molecule has 1 unspecified atom stereocenters. The van der Waals surface area contributed by atoms with E-state index >= 15 is 0 Å². The van der Waals surface area contributed by atoms with Gasteiger partial charge in [-0.25, -0.2) is 9.71 Å². The first-order valence-electron chi connectivity index (χ1n) is 7.61. The lowest BCUT2D eigenvalue weighted by molar-refractivity contribution is 0.273. The third kappa shape index (κ3) is 2.92. The van der Waals surface area contributed by atoms with Gasteiger partial charge in [-0.05, 0) is 42.0 Å². The van der Waals surface area contributed by atoms with Crippen molar-refractivity contribution in [1.82, 2.24) is 15.5 Å². The Morgan fingerprint density at radius 2 is 2.04 bits per heavy atom. The van der Waals surface area contributed by atoms with Gasteiger partial charge in [0.15, 0.2) is 0 Å². The van der Waals surface area contributed by atoms with Gasteiger partial charge in [0, 0.05) is 6.54 Å². The number of rotatable bonds is 3. The first-order chi connectivity index (χ1) is 11.3. The maximum Gasteiger partial charge on any atom is 0.232 e. The van der Waals surface area contributed by atoms with Crippen molar-refractivity contribution in [3.63, 3.8) is 0 Å². The van der Waals surface area contributed by atoms with Gasteiger partial charge in [0.25, 0.3) is 0 Å². The Morgan fingerprint density at radius 3 is 2.83 bits per heavy atom. The minimum Gasteiger partial charge on any atom is -0.339 e. The lowest BCUT2D eigenvalue weighted by Gasteiger charge is -2.29. The highest BCUT2D eigenvalue weighted by molar-refractivity contribution is 7.13. The summed E-state index contributed by atoms with van der Waals surface area (Å²) in [6.07, 6.45) is 1.94. The molecular formula is C17H15FN3OS. The maximum atomic E-state index is 13.2. The smallest absolute Gasteiger partial charge is 0.232 e. The zero-order valence-corrected chi connectivity index (χ0v) is 13.2. The van der Waals surface area contributed by atoms with E-state index in [1.807, 2.05) is 17.5 Å². The zero-order valence-electron chi connectivity index (χ0n) is 12.4. The molecule has 0 saturated carbocycles. The fraction of sp³-hybridized carbons (Fsp3) is 0.294. The summed E-state index contributed by atoms with van der Waals surface area (Å²) in [5.41, 5.74) is 0.993. The number of halogens is 1. The summed E-state index contributed by atoms with van der Waals surface area (Å²) in [6, 6.07) is 10.4. The summed E-state index contributed by atoms with van der Waals surface area (Å²) >= 11 is 1.58. The highest BCUT2D eigenvalue weighted by Gasteiger charge is 2.33. The second-order valence-electron chi connectivity index (χ2n) is 5.58. The summed E-state index contributed by atoms with van der Waals surface area (Å²) in [5, 5.41) is 10.8.